The highest BCUT2D eigenvalue weighted by atomic mass is 79.9. The minimum atomic E-state index is -0.179. The molecule has 1 saturated heterocycles. The maximum Gasteiger partial charge on any atom is 0.137 e. The molecule has 112 valence electrons. The van der Waals surface area contributed by atoms with Gasteiger partial charge in [0, 0.05) is 25.2 Å². The molecule has 1 N–H and O–H groups in total. The lowest BCUT2D eigenvalue weighted by Gasteiger charge is -2.33. The average Bonchev–Trinajstić information content (AvgIpc) is 2.43. The van der Waals surface area contributed by atoms with Gasteiger partial charge in [0.15, 0.2) is 0 Å². The fourth-order valence-electron chi connectivity index (χ4n) is 2.69. The van der Waals surface area contributed by atoms with Gasteiger partial charge < -0.3 is 5.32 Å². The molecule has 1 aliphatic heterocycles. The van der Waals surface area contributed by atoms with Crippen LogP contribution in [0.4, 0.5) is 4.39 Å². The zero-order valence-electron chi connectivity index (χ0n) is 12.3. The number of nitrogens with zero attached hydrogens (tertiary/aromatic N) is 1. The van der Waals surface area contributed by atoms with E-state index in [1.807, 2.05) is 6.07 Å². The third kappa shape index (κ3) is 4.54. The zero-order chi connectivity index (χ0) is 14.5. The third-order valence-corrected chi connectivity index (χ3v) is 4.61. The number of benzene rings is 1. The summed E-state index contributed by atoms with van der Waals surface area (Å²) in [4.78, 5) is 2.42. The second-order valence-electron chi connectivity index (χ2n) is 5.92. The lowest BCUT2D eigenvalue weighted by molar-refractivity contribution is 0.177. The third-order valence-electron chi connectivity index (χ3n) is 3.97. The second-order valence-corrected chi connectivity index (χ2v) is 6.77. The smallest absolute Gasteiger partial charge is 0.137 e. The van der Waals surface area contributed by atoms with Crippen molar-refractivity contribution in [1.29, 1.82) is 0 Å². The predicted molar refractivity (Wildman–Crippen MR) is 85.3 cm³/mol. The molecule has 0 saturated carbocycles. The van der Waals surface area contributed by atoms with Crippen molar-refractivity contribution in [3.63, 3.8) is 0 Å². The standard InChI is InChI=1S/C16H24BrFN2/c1-12(2)20(11-14-5-3-4-8-19-14)10-13-6-7-15(17)16(18)9-13/h6-7,9,12,14,19H,3-5,8,10-11H2,1-2H3. The monoisotopic (exact) mass is 342 g/mol. The minimum Gasteiger partial charge on any atom is -0.313 e. The highest BCUT2D eigenvalue weighted by molar-refractivity contribution is 9.10. The van der Waals surface area contributed by atoms with E-state index in [4.69, 9.17) is 0 Å². The van der Waals surface area contributed by atoms with Crippen LogP contribution >= 0.6 is 15.9 Å². The summed E-state index contributed by atoms with van der Waals surface area (Å²) < 4.78 is 14.1. The van der Waals surface area contributed by atoms with Gasteiger partial charge in [-0.2, -0.15) is 0 Å². The van der Waals surface area contributed by atoms with Crippen LogP contribution in [0.3, 0.4) is 0 Å². The van der Waals surface area contributed by atoms with Gasteiger partial charge in [-0.3, -0.25) is 4.90 Å². The van der Waals surface area contributed by atoms with E-state index in [0.29, 0.717) is 16.6 Å². The summed E-state index contributed by atoms with van der Waals surface area (Å²) in [6, 6.07) is 6.46. The summed E-state index contributed by atoms with van der Waals surface area (Å²) in [5.41, 5.74) is 1.04. The van der Waals surface area contributed by atoms with Gasteiger partial charge >= 0.3 is 0 Å². The predicted octanol–water partition coefficient (Wildman–Crippen LogP) is 3.94. The molecular formula is C16H24BrFN2. The van der Waals surface area contributed by atoms with Gasteiger partial charge in [0.1, 0.15) is 5.82 Å². The van der Waals surface area contributed by atoms with Gasteiger partial charge in [0.2, 0.25) is 0 Å². The van der Waals surface area contributed by atoms with Crippen LogP contribution in [0.1, 0.15) is 38.7 Å². The Labute approximate surface area is 129 Å². The molecule has 1 aromatic rings. The molecule has 2 rings (SSSR count). The van der Waals surface area contributed by atoms with Crippen LogP contribution in [0.15, 0.2) is 22.7 Å². The first kappa shape index (κ1) is 15.9. The molecule has 1 unspecified atom stereocenters. The Morgan fingerprint density at radius 2 is 2.20 bits per heavy atom. The van der Waals surface area contributed by atoms with Crippen molar-refractivity contribution < 1.29 is 4.39 Å². The lowest BCUT2D eigenvalue weighted by Crippen LogP contribution is -2.45. The van der Waals surface area contributed by atoms with Crippen molar-refractivity contribution >= 4 is 15.9 Å². The first-order valence-corrected chi connectivity index (χ1v) is 8.27. The molecule has 4 heteroatoms. The normalized spacial score (nSPS) is 19.8. The van der Waals surface area contributed by atoms with E-state index in [1.165, 1.54) is 19.3 Å². The van der Waals surface area contributed by atoms with Gasteiger partial charge in [0.05, 0.1) is 4.47 Å². The molecule has 1 atom stereocenters. The fourth-order valence-corrected chi connectivity index (χ4v) is 2.94. The van der Waals surface area contributed by atoms with E-state index in [1.54, 1.807) is 12.1 Å². The van der Waals surface area contributed by atoms with E-state index < -0.39 is 0 Å². The maximum absolute atomic E-state index is 13.6. The number of halogens is 2. The Balaban J connectivity index is 1.99. The molecular weight excluding hydrogens is 319 g/mol. The Morgan fingerprint density at radius 3 is 2.80 bits per heavy atom. The largest absolute Gasteiger partial charge is 0.313 e. The molecule has 0 bridgehead atoms. The van der Waals surface area contributed by atoms with Crippen LogP contribution in [0.5, 0.6) is 0 Å². The number of rotatable bonds is 5. The summed E-state index contributed by atoms with van der Waals surface area (Å²) >= 11 is 3.21. The second kappa shape index (κ2) is 7.53. The Morgan fingerprint density at radius 1 is 1.40 bits per heavy atom. The highest BCUT2D eigenvalue weighted by Crippen LogP contribution is 2.19. The summed E-state index contributed by atoms with van der Waals surface area (Å²) in [6.45, 7) is 7.38. The number of nitrogens with one attached hydrogen (secondary N) is 1. The minimum absolute atomic E-state index is 0.179. The maximum atomic E-state index is 13.6. The van der Waals surface area contributed by atoms with Crippen LogP contribution in [-0.4, -0.2) is 30.1 Å². The van der Waals surface area contributed by atoms with Crippen molar-refractivity contribution in [2.75, 3.05) is 13.1 Å². The van der Waals surface area contributed by atoms with E-state index in [0.717, 1.165) is 25.2 Å². The van der Waals surface area contributed by atoms with E-state index in [2.05, 4.69) is 40.0 Å². The van der Waals surface area contributed by atoms with Crippen LogP contribution in [0.25, 0.3) is 0 Å². The van der Waals surface area contributed by atoms with Crippen molar-refractivity contribution in [1.82, 2.24) is 10.2 Å². The van der Waals surface area contributed by atoms with Crippen LogP contribution < -0.4 is 5.32 Å². The first-order chi connectivity index (χ1) is 9.56. The molecule has 0 spiro atoms. The average molecular weight is 343 g/mol. The Kier molecular flexibility index (Phi) is 6.00. The van der Waals surface area contributed by atoms with Crippen LogP contribution in [0, 0.1) is 5.82 Å². The zero-order valence-corrected chi connectivity index (χ0v) is 13.9. The number of hydrogen-bond donors (Lipinski definition) is 1. The van der Waals surface area contributed by atoms with Crippen molar-refractivity contribution in [3.8, 4) is 0 Å². The molecule has 0 aromatic heterocycles. The van der Waals surface area contributed by atoms with E-state index in [9.17, 15) is 4.39 Å². The highest BCUT2D eigenvalue weighted by Gasteiger charge is 2.19. The van der Waals surface area contributed by atoms with E-state index in [-0.39, 0.29) is 5.82 Å². The Bertz CT molecular complexity index is 430. The number of hydrogen-bond acceptors (Lipinski definition) is 2. The van der Waals surface area contributed by atoms with Gasteiger partial charge in [-0.1, -0.05) is 12.5 Å². The molecule has 0 amide bonds. The SMILES string of the molecule is CC(C)N(Cc1ccc(Br)c(F)c1)CC1CCCCN1. The summed E-state index contributed by atoms with van der Waals surface area (Å²) in [6.07, 6.45) is 3.85. The van der Waals surface area contributed by atoms with Gasteiger partial charge in [0.25, 0.3) is 0 Å². The molecule has 0 aliphatic carbocycles. The molecule has 1 aliphatic rings. The molecule has 1 aromatic carbocycles. The van der Waals surface area contributed by atoms with Crippen LogP contribution in [0.2, 0.25) is 0 Å². The van der Waals surface area contributed by atoms with Crippen LogP contribution in [-0.2, 0) is 6.54 Å². The molecule has 2 nitrogen and oxygen atoms in total. The van der Waals surface area contributed by atoms with Gasteiger partial charge in [-0.05, 0) is 66.9 Å². The van der Waals surface area contributed by atoms with Crippen molar-refractivity contribution in [3.05, 3.63) is 34.1 Å². The molecule has 0 radical (unpaired) electrons. The topological polar surface area (TPSA) is 15.3 Å². The molecule has 20 heavy (non-hydrogen) atoms. The molecule has 1 fully saturated rings. The summed E-state index contributed by atoms with van der Waals surface area (Å²) in [5, 5.41) is 3.59. The summed E-state index contributed by atoms with van der Waals surface area (Å²) in [5.74, 6) is -0.179. The Hall–Kier alpha value is -0.450. The van der Waals surface area contributed by atoms with Gasteiger partial charge in [-0.15, -0.1) is 0 Å². The fraction of sp³-hybridized carbons (Fsp3) is 0.625. The van der Waals surface area contributed by atoms with Crippen molar-refractivity contribution in [2.24, 2.45) is 0 Å². The number of piperidine rings is 1. The summed E-state index contributed by atoms with van der Waals surface area (Å²) in [7, 11) is 0. The quantitative estimate of drug-likeness (QED) is 0.871. The molecule has 1 heterocycles. The van der Waals surface area contributed by atoms with Crippen molar-refractivity contribution in [2.45, 2.75) is 51.7 Å². The first-order valence-electron chi connectivity index (χ1n) is 7.47. The van der Waals surface area contributed by atoms with E-state index >= 15 is 0 Å². The van der Waals surface area contributed by atoms with Gasteiger partial charge in [-0.25, -0.2) is 4.39 Å². The lowest BCUT2D eigenvalue weighted by atomic mass is 10.0.